The molecule has 2 aromatic rings. The minimum atomic E-state index is -4.36. The van der Waals surface area contributed by atoms with Crippen molar-refractivity contribution in [2.75, 3.05) is 19.0 Å². The number of aromatic nitrogens is 1. The highest BCUT2D eigenvalue weighted by atomic mass is 19.4. The number of ether oxygens (including phenoxy) is 1. The molecule has 0 atom stereocenters. The summed E-state index contributed by atoms with van der Waals surface area (Å²) in [5.41, 5.74) is 2.06. The predicted octanol–water partition coefficient (Wildman–Crippen LogP) is 3.78. The second kappa shape index (κ2) is 5.56. The van der Waals surface area contributed by atoms with Gasteiger partial charge in [-0.25, -0.2) is 4.98 Å². The van der Waals surface area contributed by atoms with Crippen molar-refractivity contribution in [1.29, 1.82) is 0 Å². The van der Waals surface area contributed by atoms with E-state index < -0.39 is 12.8 Å². The number of halogens is 3. The summed E-state index contributed by atoms with van der Waals surface area (Å²) in [6.45, 7) is 0.617. The number of fused-ring (bicyclic) bond motifs is 1. The Kier molecular flexibility index (Phi) is 4.01. The average molecular weight is 284 g/mol. The molecule has 1 aromatic carbocycles. The molecule has 0 aliphatic rings. The fraction of sp³-hybridized carbons (Fsp3) is 0.357. The van der Waals surface area contributed by atoms with Crippen LogP contribution in [0.15, 0.2) is 24.3 Å². The Morgan fingerprint density at radius 2 is 2.05 bits per heavy atom. The summed E-state index contributed by atoms with van der Waals surface area (Å²) < 4.78 is 41.7. The molecule has 0 unspecified atom stereocenters. The minimum absolute atomic E-state index is 0.145. The molecule has 20 heavy (non-hydrogen) atoms. The van der Waals surface area contributed by atoms with Crippen LogP contribution in [0.3, 0.4) is 0 Å². The van der Waals surface area contributed by atoms with Gasteiger partial charge in [0.15, 0.2) is 6.61 Å². The van der Waals surface area contributed by atoms with Gasteiger partial charge in [0.05, 0.1) is 0 Å². The first-order chi connectivity index (χ1) is 9.44. The number of hydrogen-bond acceptors (Lipinski definition) is 3. The fourth-order valence-corrected chi connectivity index (χ4v) is 1.94. The quantitative estimate of drug-likeness (QED) is 0.927. The van der Waals surface area contributed by atoms with E-state index in [-0.39, 0.29) is 5.75 Å². The molecular weight excluding hydrogens is 269 g/mol. The molecule has 0 aliphatic heterocycles. The first kappa shape index (κ1) is 14.4. The molecule has 0 spiro atoms. The third kappa shape index (κ3) is 3.12. The average Bonchev–Trinajstić information content (AvgIpc) is 2.42. The van der Waals surface area contributed by atoms with Crippen molar-refractivity contribution in [3.8, 4) is 5.75 Å². The zero-order valence-corrected chi connectivity index (χ0v) is 11.2. The highest BCUT2D eigenvalue weighted by Gasteiger charge is 2.28. The lowest BCUT2D eigenvalue weighted by atomic mass is 10.1. The molecule has 0 bridgehead atoms. The van der Waals surface area contributed by atoms with E-state index in [4.69, 9.17) is 4.74 Å². The maximum atomic E-state index is 12.3. The van der Waals surface area contributed by atoms with Crippen molar-refractivity contribution in [2.24, 2.45) is 0 Å². The van der Waals surface area contributed by atoms with Crippen molar-refractivity contribution in [1.82, 2.24) is 4.98 Å². The van der Waals surface area contributed by atoms with E-state index in [9.17, 15) is 13.2 Å². The van der Waals surface area contributed by atoms with Crippen LogP contribution in [0.2, 0.25) is 0 Å². The van der Waals surface area contributed by atoms with Crippen LogP contribution in [-0.2, 0) is 6.42 Å². The monoisotopic (exact) mass is 284 g/mol. The van der Waals surface area contributed by atoms with Crippen LogP contribution >= 0.6 is 0 Å². The summed E-state index contributed by atoms with van der Waals surface area (Å²) in [6.07, 6.45) is -3.67. The number of alkyl halides is 3. The molecule has 1 N–H and O–H groups in total. The lowest BCUT2D eigenvalue weighted by Crippen LogP contribution is -2.19. The molecule has 1 heterocycles. The third-order valence-electron chi connectivity index (χ3n) is 2.88. The molecule has 0 fully saturated rings. The van der Waals surface area contributed by atoms with Gasteiger partial charge in [-0.2, -0.15) is 13.2 Å². The normalized spacial score (nSPS) is 11.7. The molecule has 3 nitrogen and oxygen atoms in total. The van der Waals surface area contributed by atoms with E-state index in [1.807, 2.05) is 13.0 Å². The SMILES string of the molecule is CCc1cc(NC)c2cccc(OCC(F)(F)F)c2n1. The molecule has 0 saturated carbocycles. The summed E-state index contributed by atoms with van der Waals surface area (Å²) >= 11 is 0. The number of hydrogen-bond donors (Lipinski definition) is 1. The van der Waals surface area contributed by atoms with Crippen molar-refractivity contribution in [3.63, 3.8) is 0 Å². The van der Waals surface area contributed by atoms with Crippen LogP contribution in [0, 0.1) is 0 Å². The third-order valence-corrected chi connectivity index (χ3v) is 2.88. The number of rotatable bonds is 4. The van der Waals surface area contributed by atoms with Crippen molar-refractivity contribution in [3.05, 3.63) is 30.0 Å². The van der Waals surface area contributed by atoms with Gasteiger partial charge in [0.2, 0.25) is 0 Å². The molecule has 2 rings (SSSR count). The second-order valence-corrected chi connectivity index (χ2v) is 4.32. The van der Waals surface area contributed by atoms with Gasteiger partial charge in [-0.3, -0.25) is 0 Å². The minimum Gasteiger partial charge on any atom is -0.482 e. The molecule has 0 aliphatic carbocycles. The smallest absolute Gasteiger partial charge is 0.422 e. The van der Waals surface area contributed by atoms with E-state index >= 15 is 0 Å². The molecule has 1 aromatic heterocycles. The summed E-state index contributed by atoms with van der Waals surface area (Å²) in [4.78, 5) is 4.37. The van der Waals surface area contributed by atoms with Crippen molar-refractivity contribution < 1.29 is 17.9 Å². The number of anilines is 1. The van der Waals surface area contributed by atoms with Gasteiger partial charge in [0.25, 0.3) is 0 Å². The topological polar surface area (TPSA) is 34.1 Å². The van der Waals surface area contributed by atoms with Gasteiger partial charge in [-0.05, 0) is 18.6 Å². The Bertz CT molecular complexity index is 611. The van der Waals surface area contributed by atoms with Crippen LogP contribution in [0.25, 0.3) is 10.9 Å². The highest BCUT2D eigenvalue weighted by Crippen LogP contribution is 2.31. The zero-order valence-electron chi connectivity index (χ0n) is 11.2. The number of nitrogens with one attached hydrogen (secondary N) is 1. The van der Waals surface area contributed by atoms with Crippen LogP contribution in [0.1, 0.15) is 12.6 Å². The molecule has 0 saturated heterocycles. The highest BCUT2D eigenvalue weighted by molar-refractivity contribution is 5.95. The Morgan fingerprint density at radius 3 is 2.65 bits per heavy atom. The van der Waals surface area contributed by atoms with Crippen LogP contribution in [0.5, 0.6) is 5.75 Å². The standard InChI is InChI=1S/C14H15F3N2O/c1-3-9-7-11(18-2)10-5-4-6-12(13(10)19-9)20-8-14(15,16)17/h4-7H,3,8H2,1-2H3,(H,18,19). The van der Waals surface area contributed by atoms with Crippen LogP contribution in [0.4, 0.5) is 18.9 Å². The zero-order chi connectivity index (χ0) is 14.8. The maximum Gasteiger partial charge on any atom is 0.422 e. The number of benzene rings is 1. The number of aryl methyl sites for hydroxylation is 1. The van der Waals surface area contributed by atoms with E-state index in [2.05, 4.69) is 10.3 Å². The number of para-hydroxylation sites is 1. The van der Waals surface area contributed by atoms with Crippen molar-refractivity contribution in [2.45, 2.75) is 19.5 Å². The number of pyridine rings is 1. The second-order valence-electron chi connectivity index (χ2n) is 4.32. The Balaban J connectivity index is 2.49. The van der Waals surface area contributed by atoms with E-state index in [0.29, 0.717) is 11.9 Å². The Morgan fingerprint density at radius 1 is 1.30 bits per heavy atom. The lowest BCUT2D eigenvalue weighted by molar-refractivity contribution is -0.153. The summed E-state index contributed by atoms with van der Waals surface area (Å²) in [5, 5.41) is 3.77. The summed E-state index contributed by atoms with van der Waals surface area (Å²) in [7, 11) is 1.76. The molecule has 6 heteroatoms. The predicted molar refractivity (Wildman–Crippen MR) is 72.2 cm³/mol. The van der Waals surface area contributed by atoms with Gasteiger partial charge in [-0.15, -0.1) is 0 Å². The molecular formula is C14H15F3N2O. The van der Waals surface area contributed by atoms with Crippen molar-refractivity contribution >= 4 is 16.6 Å². The van der Waals surface area contributed by atoms with Gasteiger partial charge < -0.3 is 10.1 Å². The van der Waals surface area contributed by atoms with Crippen LogP contribution in [-0.4, -0.2) is 24.8 Å². The fourth-order valence-electron chi connectivity index (χ4n) is 1.94. The maximum absolute atomic E-state index is 12.3. The summed E-state index contributed by atoms with van der Waals surface area (Å²) in [5.74, 6) is 0.145. The molecule has 108 valence electrons. The van der Waals surface area contributed by atoms with E-state index in [0.717, 1.165) is 16.8 Å². The Labute approximate surface area is 114 Å². The van der Waals surface area contributed by atoms with Gasteiger partial charge in [0.1, 0.15) is 11.3 Å². The largest absolute Gasteiger partial charge is 0.482 e. The molecule has 0 amide bonds. The molecule has 0 radical (unpaired) electrons. The lowest BCUT2D eigenvalue weighted by Gasteiger charge is -2.13. The summed E-state index contributed by atoms with van der Waals surface area (Å²) in [6, 6.07) is 6.84. The first-order valence-corrected chi connectivity index (χ1v) is 6.24. The van der Waals surface area contributed by atoms with E-state index in [1.165, 1.54) is 6.07 Å². The van der Waals surface area contributed by atoms with Crippen LogP contribution < -0.4 is 10.1 Å². The van der Waals surface area contributed by atoms with Gasteiger partial charge >= 0.3 is 6.18 Å². The number of nitrogens with zero attached hydrogens (tertiary/aromatic N) is 1. The van der Waals surface area contributed by atoms with E-state index in [1.54, 1.807) is 19.2 Å². The van der Waals surface area contributed by atoms with Gasteiger partial charge in [-0.1, -0.05) is 19.1 Å². The first-order valence-electron chi connectivity index (χ1n) is 6.24. The van der Waals surface area contributed by atoms with Gasteiger partial charge in [0, 0.05) is 23.8 Å². The Hall–Kier alpha value is -1.98.